The minimum atomic E-state index is -0.591. The summed E-state index contributed by atoms with van der Waals surface area (Å²) in [6, 6.07) is 4.72. The number of fused-ring (bicyclic) bond motifs is 2. The molecule has 1 atom stereocenters. The van der Waals surface area contributed by atoms with E-state index in [9.17, 15) is 9.59 Å². The molecular weight excluding hydrogens is 481 g/mol. The second kappa shape index (κ2) is 8.62. The highest BCUT2D eigenvalue weighted by Gasteiger charge is 2.30. The lowest BCUT2D eigenvalue weighted by atomic mass is 10.1. The van der Waals surface area contributed by atoms with Crippen molar-refractivity contribution in [2.24, 2.45) is 0 Å². The Balaban J connectivity index is 1.54. The van der Waals surface area contributed by atoms with Crippen LogP contribution in [0.25, 0.3) is 22.0 Å². The molecule has 0 aliphatic carbocycles. The van der Waals surface area contributed by atoms with Gasteiger partial charge in [0.05, 0.1) is 28.2 Å². The van der Waals surface area contributed by atoms with E-state index in [1.807, 2.05) is 0 Å². The van der Waals surface area contributed by atoms with E-state index in [0.29, 0.717) is 45.1 Å². The zero-order valence-electron chi connectivity index (χ0n) is 17.8. The van der Waals surface area contributed by atoms with Crippen molar-refractivity contribution in [3.63, 3.8) is 0 Å². The van der Waals surface area contributed by atoms with E-state index < -0.39 is 5.91 Å². The summed E-state index contributed by atoms with van der Waals surface area (Å²) in [5.74, 6) is -0.649. The van der Waals surface area contributed by atoms with Gasteiger partial charge in [-0.05, 0) is 37.1 Å². The zero-order valence-corrected chi connectivity index (χ0v) is 19.3. The van der Waals surface area contributed by atoms with E-state index >= 15 is 0 Å². The summed E-state index contributed by atoms with van der Waals surface area (Å²) in [5.41, 5.74) is 7.60. The first-order valence-corrected chi connectivity index (χ1v) is 11.2. The highest BCUT2D eigenvalue weighted by atomic mass is 35.5. The largest absolute Gasteiger partial charge is 0.423 e. The molecule has 1 aromatic carbocycles. The van der Waals surface area contributed by atoms with Crippen LogP contribution in [0.1, 0.15) is 29.4 Å². The van der Waals surface area contributed by atoms with Crippen LogP contribution in [-0.4, -0.2) is 49.6 Å². The number of rotatable bonds is 4. The van der Waals surface area contributed by atoms with Crippen LogP contribution in [0.5, 0.6) is 0 Å². The number of hydrogen-bond donors (Lipinski definition) is 2. The monoisotopic (exact) mass is 499 g/mol. The summed E-state index contributed by atoms with van der Waals surface area (Å²) in [4.78, 5) is 35.4. The third kappa shape index (κ3) is 3.84. The Kier molecular flexibility index (Phi) is 5.62. The van der Waals surface area contributed by atoms with Gasteiger partial charge in [-0.15, -0.1) is 0 Å². The van der Waals surface area contributed by atoms with Gasteiger partial charge in [-0.2, -0.15) is 10.1 Å². The predicted octanol–water partition coefficient (Wildman–Crippen LogP) is 4.06. The summed E-state index contributed by atoms with van der Waals surface area (Å²) in [7, 11) is 0. The lowest BCUT2D eigenvalue weighted by molar-refractivity contribution is -0.127. The molecular formula is C22H19Cl2N7O3. The van der Waals surface area contributed by atoms with Gasteiger partial charge >= 0.3 is 6.01 Å². The van der Waals surface area contributed by atoms with Crippen molar-refractivity contribution in [3.05, 3.63) is 52.8 Å². The molecule has 0 spiro atoms. The SMILES string of the molecule is C=CC(=O)N1CCCC(n2nc(C(=O)Nc3nc4cc(Cl)ccc4o3)c3c(N)ncc(Cl)c32)C1. The van der Waals surface area contributed by atoms with Gasteiger partial charge in [-0.25, -0.2) is 4.98 Å². The Bertz CT molecular complexity index is 1460. The molecule has 1 saturated heterocycles. The van der Waals surface area contributed by atoms with Gasteiger partial charge in [-0.3, -0.25) is 19.6 Å². The van der Waals surface area contributed by atoms with Crippen molar-refractivity contribution in [2.45, 2.75) is 18.9 Å². The molecule has 1 aliphatic rings. The number of aromatic nitrogens is 4. The number of piperidine rings is 1. The average Bonchev–Trinajstić information content (AvgIpc) is 3.43. The molecule has 1 unspecified atom stereocenters. The summed E-state index contributed by atoms with van der Waals surface area (Å²) in [5, 5.41) is 8.28. The number of pyridine rings is 1. The van der Waals surface area contributed by atoms with Crippen LogP contribution in [0.2, 0.25) is 10.0 Å². The third-order valence-corrected chi connectivity index (χ3v) is 6.24. The van der Waals surface area contributed by atoms with Gasteiger partial charge in [0.25, 0.3) is 5.91 Å². The molecule has 10 nitrogen and oxygen atoms in total. The molecule has 0 radical (unpaired) electrons. The van der Waals surface area contributed by atoms with Crippen LogP contribution in [-0.2, 0) is 4.79 Å². The predicted molar refractivity (Wildman–Crippen MR) is 129 cm³/mol. The highest BCUT2D eigenvalue weighted by molar-refractivity contribution is 6.36. The van der Waals surface area contributed by atoms with E-state index in [2.05, 4.69) is 27.0 Å². The lowest BCUT2D eigenvalue weighted by Crippen LogP contribution is -2.40. The topological polar surface area (TPSA) is 132 Å². The first-order valence-electron chi connectivity index (χ1n) is 10.5. The van der Waals surface area contributed by atoms with Crippen molar-refractivity contribution >= 4 is 68.9 Å². The lowest BCUT2D eigenvalue weighted by Gasteiger charge is -2.32. The Morgan fingerprint density at radius 3 is 2.94 bits per heavy atom. The summed E-state index contributed by atoms with van der Waals surface area (Å²) in [6.07, 6.45) is 4.20. The molecule has 174 valence electrons. The molecule has 2 amide bonds. The number of halogens is 2. The molecule has 1 aliphatic heterocycles. The van der Waals surface area contributed by atoms with Crippen LogP contribution in [0.3, 0.4) is 0 Å². The van der Waals surface area contributed by atoms with Gasteiger partial charge in [0.1, 0.15) is 11.3 Å². The third-order valence-electron chi connectivity index (χ3n) is 5.72. The quantitative estimate of drug-likeness (QED) is 0.404. The van der Waals surface area contributed by atoms with E-state index in [-0.39, 0.29) is 29.5 Å². The van der Waals surface area contributed by atoms with Crippen molar-refractivity contribution in [2.75, 3.05) is 24.1 Å². The fourth-order valence-corrected chi connectivity index (χ4v) is 4.57. The first-order chi connectivity index (χ1) is 16.4. The number of hydrogen-bond acceptors (Lipinski definition) is 7. The Morgan fingerprint density at radius 2 is 2.15 bits per heavy atom. The van der Waals surface area contributed by atoms with Gasteiger partial charge in [0, 0.05) is 18.1 Å². The van der Waals surface area contributed by atoms with Crippen LogP contribution < -0.4 is 11.1 Å². The van der Waals surface area contributed by atoms with Gasteiger partial charge in [-0.1, -0.05) is 29.8 Å². The Hall–Kier alpha value is -3.63. The maximum absolute atomic E-state index is 13.2. The average molecular weight is 500 g/mol. The summed E-state index contributed by atoms with van der Waals surface area (Å²) < 4.78 is 7.25. The summed E-state index contributed by atoms with van der Waals surface area (Å²) >= 11 is 12.5. The number of likely N-dealkylation sites (tertiary alicyclic amines) is 1. The smallest absolute Gasteiger partial charge is 0.302 e. The first kappa shape index (κ1) is 22.2. The fraction of sp³-hybridized carbons (Fsp3) is 0.227. The van der Waals surface area contributed by atoms with Gasteiger partial charge in [0.2, 0.25) is 5.91 Å². The van der Waals surface area contributed by atoms with Crippen molar-refractivity contribution < 1.29 is 14.0 Å². The number of benzene rings is 1. The normalized spacial score (nSPS) is 16.2. The van der Waals surface area contributed by atoms with Crippen molar-refractivity contribution in [3.8, 4) is 0 Å². The molecule has 4 heterocycles. The molecule has 3 aromatic heterocycles. The van der Waals surface area contributed by atoms with Crippen molar-refractivity contribution in [1.29, 1.82) is 0 Å². The molecule has 1 fully saturated rings. The zero-order chi connectivity index (χ0) is 24.0. The van der Waals surface area contributed by atoms with E-state index in [0.717, 1.165) is 12.8 Å². The molecule has 3 N–H and O–H groups in total. The molecule has 0 bridgehead atoms. The standard InChI is InChI=1S/C22H19Cl2N7O3/c1-2-16(32)30-7-3-4-12(10-30)31-19-13(24)9-26-20(25)17(19)18(29-31)21(33)28-22-27-14-8-11(23)5-6-15(14)34-22/h2,5-6,8-9,12H,1,3-4,7,10H2,(H2,25,26)(H,27,28,33). The molecule has 12 heteroatoms. The number of nitrogens with one attached hydrogen (secondary N) is 1. The van der Waals surface area contributed by atoms with E-state index in [4.69, 9.17) is 33.4 Å². The molecule has 4 aromatic rings. The van der Waals surface area contributed by atoms with Gasteiger partial charge in [0.15, 0.2) is 11.3 Å². The van der Waals surface area contributed by atoms with E-state index in [1.165, 1.54) is 12.3 Å². The molecule has 34 heavy (non-hydrogen) atoms. The number of carbonyl (C=O) groups is 2. The number of nitrogens with zero attached hydrogens (tertiary/aromatic N) is 5. The highest BCUT2D eigenvalue weighted by Crippen LogP contribution is 2.34. The Labute approximate surface area is 203 Å². The maximum Gasteiger partial charge on any atom is 0.302 e. The number of nitrogens with two attached hydrogens (primary N) is 1. The molecule has 0 saturated carbocycles. The number of carbonyl (C=O) groups excluding carboxylic acids is 2. The Morgan fingerprint density at radius 1 is 1.32 bits per heavy atom. The van der Waals surface area contributed by atoms with Gasteiger partial charge < -0.3 is 15.1 Å². The minimum Gasteiger partial charge on any atom is -0.423 e. The van der Waals surface area contributed by atoms with Crippen molar-refractivity contribution in [1.82, 2.24) is 24.6 Å². The van der Waals surface area contributed by atoms with Crippen LogP contribution in [0.4, 0.5) is 11.8 Å². The second-order valence-corrected chi connectivity index (χ2v) is 8.72. The number of anilines is 2. The molecule has 5 rings (SSSR count). The minimum absolute atomic E-state index is 0.0149. The second-order valence-electron chi connectivity index (χ2n) is 7.88. The van der Waals surface area contributed by atoms with Crippen LogP contribution in [0, 0.1) is 0 Å². The van der Waals surface area contributed by atoms with Crippen LogP contribution >= 0.6 is 23.2 Å². The number of oxazole rings is 1. The van der Waals surface area contributed by atoms with Crippen LogP contribution in [0.15, 0.2) is 41.5 Å². The van der Waals surface area contributed by atoms with E-state index in [1.54, 1.807) is 27.8 Å². The summed E-state index contributed by atoms with van der Waals surface area (Å²) in [6.45, 7) is 4.58. The number of nitrogen functional groups attached to an aromatic ring is 1. The maximum atomic E-state index is 13.2. The number of amides is 2. The fourth-order valence-electron chi connectivity index (χ4n) is 4.17.